The largest absolute Gasteiger partial charge is 0.444 e. The highest BCUT2D eigenvalue weighted by atomic mass is 16.3. The zero-order valence-corrected chi connectivity index (χ0v) is 17.1. The van der Waals surface area contributed by atoms with Gasteiger partial charge in [-0.25, -0.2) is 9.97 Å². The van der Waals surface area contributed by atoms with E-state index in [-0.39, 0.29) is 11.0 Å². The number of hydrogen-bond donors (Lipinski definition) is 1. The van der Waals surface area contributed by atoms with Crippen LogP contribution in [0.1, 0.15) is 60.8 Å². The second-order valence-electron chi connectivity index (χ2n) is 9.16. The highest BCUT2D eigenvalue weighted by molar-refractivity contribution is 5.52. The first kappa shape index (κ1) is 18.1. The lowest BCUT2D eigenvalue weighted by molar-refractivity contribution is 0.135. The SMILES string of the molecule is O=c1[nH]c(C2CC2)nc2c1CCC21CCCN(Cc2coc(-c3ccccc3)n2)C1. The van der Waals surface area contributed by atoms with E-state index >= 15 is 0 Å². The van der Waals surface area contributed by atoms with Gasteiger partial charge in [-0.3, -0.25) is 9.69 Å². The molecule has 3 aliphatic rings. The number of oxazole rings is 1. The fourth-order valence-corrected chi connectivity index (χ4v) is 5.30. The molecule has 1 unspecified atom stereocenters. The van der Waals surface area contributed by atoms with Gasteiger partial charge in [0.25, 0.3) is 5.56 Å². The van der Waals surface area contributed by atoms with Crippen LogP contribution in [0.4, 0.5) is 0 Å². The summed E-state index contributed by atoms with van der Waals surface area (Å²) in [5.41, 5.74) is 4.08. The van der Waals surface area contributed by atoms with Gasteiger partial charge in [0.15, 0.2) is 0 Å². The molecular formula is C24H26N4O2. The maximum Gasteiger partial charge on any atom is 0.254 e. The van der Waals surface area contributed by atoms with Crippen molar-refractivity contribution in [3.8, 4) is 11.5 Å². The fraction of sp³-hybridized carbons (Fsp3) is 0.458. The Kier molecular flexibility index (Phi) is 4.16. The van der Waals surface area contributed by atoms with E-state index in [0.717, 1.165) is 86.5 Å². The van der Waals surface area contributed by atoms with E-state index in [1.165, 1.54) is 0 Å². The van der Waals surface area contributed by atoms with Crippen molar-refractivity contribution >= 4 is 0 Å². The minimum atomic E-state index is 0.0114. The second-order valence-corrected chi connectivity index (χ2v) is 9.16. The van der Waals surface area contributed by atoms with Crippen LogP contribution in [0, 0.1) is 0 Å². The molecule has 2 fully saturated rings. The van der Waals surface area contributed by atoms with Crippen LogP contribution >= 0.6 is 0 Å². The van der Waals surface area contributed by atoms with Crippen molar-refractivity contribution in [2.75, 3.05) is 13.1 Å². The third-order valence-corrected chi connectivity index (χ3v) is 6.97. The number of fused-ring (bicyclic) bond motifs is 2. The zero-order chi connectivity index (χ0) is 20.1. The maximum absolute atomic E-state index is 12.7. The fourth-order valence-electron chi connectivity index (χ4n) is 5.30. The number of aromatic nitrogens is 3. The van der Waals surface area contributed by atoms with Crippen LogP contribution in [0.3, 0.4) is 0 Å². The van der Waals surface area contributed by atoms with Crippen molar-refractivity contribution in [1.82, 2.24) is 19.9 Å². The number of likely N-dealkylation sites (tertiary alicyclic amines) is 1. The molecule has 30 heavy (non-hydrogen) atoms. The van der Waals surface area contributed by atoms with Gasteiger partial charge in [0.1, 0.15) is 12.1 Å². The summed E-state index contributed by atoms with van der Waals surface area (Å²) < 4.78 is 5.73. The molecule has 3 aromatic rings. The molecule has 2 aliphatic carbocycles. The zero-order valence-electron chi connectivity index (χ0n) is 17.1. The lowest BCUT2D eigenvalue weighted by atomic mass is 9.77. The Morgan fingerprint density at radius 1 is 1.17 bits per heavy atom. The van der Waals surface area contributed by atoms with Crippen molar-refractivity contribution in [2.24, 2.45) is 0 Å². The predicted octanol–water partition coefficient (Wildman–Crippen LogP) is 3.78. The Bertz CT molecular complexity index is 1130. The van der Waals surface area contributed by atoms with E-state index in [4.69, 9.17) is 14.4 Å². The van der Waals surface area contributed by atoms with Crippen molar-refractivity contribution < 1.29 is 4.42 Å². The standard InChI is InChI=1S/C24H26N4O2/c29-22-19-9-11-24(20(19)26-21(27-22)16-7-8-16)10-4-12-28(15-24)13-18-14-30-23(25-18)17-5-2-1-3-6-17/h1-3,5-6,14,16H,4,7-13,15H2,(H,26,27,29). The third-order valence-electron chi connectivity index (χ3n) is 6.97. The van der Waals surface area contributed by atoms with E-state index in [1.807, 2.05) is 30.3 Å². The quantitative estimate of drug-likeness (QED) is 0.719. The average Bonchev–Trinajstić information content (AvgIpc) is 3.43. The number of nitrogens with zero attached hydrogens (tertiary/aromatic N) is 3. The van der Waals surface area contributed by atoms with Gasteiger partial charge in [0.05, 0.1) is 11.4 Å². The van der Waals surface area contributed by atoms with Gasteiger partial charge in [-0.1, -0.05) is 18.2 Å². The van der Waals surface area contributed by atoms with Crippen LogP contribution in [-0.2, 0) is 18.4 Å². The molecule has 1 N–H and O–H groups in total. The van der Waals surface area contributed by atoms with Gasteiger partial charge in [-0.15, -0.1) is 0 Å². The molecule has 1 spiro atoms. The summed E-state index contributed by atoms with van der Waals surface area (Å²) in [4.78, 5) is 27.9. The Hall–Kier alpha value is -2.73. The molecular weight excluding hydrogens is 376 g/mol. The molecule has 1 aromatic carbocycles. The molecule has 2 aromatic heterocycles. The average molecular weight is 402 g/mol. The molecule has 6 heteroatoms. The maximum atomic E-state index is 12.7. The number of benzene rings is 1. The predicted molar refractivity (Wildman–Crippen MR) is 113 cm³/mol. The minimum absolute atomic E-state index is 0.0114. The van der Waals surface area contributed by atoms with Gasteiger partial charge in [0, 0.05) is 35.5 Å². The van der Waals surface area contributed by atoms with Crippen molar-refractivity contribution in [3.05, 3.63) is 69.7 Å². The molecule has 3 heterocycles. The van der Waals surface area contributed by atoms with Crippen molar-refractivity contribution in [1.29, 1.82) is 0 Å². The molecule has 1 aliphatic heterocycles. The normalized spacial score (nSPS) is 23.7. The Labute approximate surface area is 175 Å². The summed E-state index contributed by atoms with van der Waals surface area (Å²) >= 11 is 0. The summed E-state index contributed by atoms with van der Waals surface area (Å²) in [6, 6.07) is 10.0. The molecule has 0 radical (unpaired) electrons. The summed E-state index contributed by atoms with van der Waals surface area (Å²) in [6.07, 6.45) is 8.19. The molecule has 6 rings (SSSR count). The number of piperidine rings is 1. The van der Waals surface area contributed by atoms with E-state index in [9.17, 15) is 4.79 Å². The minimum Gasteiger partial charge on any atom is -0.444 e. The summed E-state index contributed by atoms with van der Waals surface area (Å²) in [7, 11) is 0. The van der Waals surface area contributed by atoms with E-state index < -0.39 is 0 Å². The number of hydrogen-bond acceptors (Lipinski definition) is 5. The molecule has 1 atom stereocenters. The van der Waals surface area contributed by atoms with Crippen LogP contribution in [0.2, 0.25) is 0 Å². The van der Waals surface area contributed by atoms with E-state index in [1.54, 1.807) is 6.26 Å². The number of rotatable bonds is 4. The van der Waals surface area contributed by atoms with Crippen molar-refractivity contribution in [2.45, 2.75) is 56.4 Å². The second kappa shape index (κ2) is 6.91. The van der Waals surface area contributed by atoms with Gasteiger partial charge < -0.3 is 9.40 Å². The number of nitrogens with one attached hydrogen (secondary N) is 1. The lowest BCUT2D eigenvalue weighted by Crippen LogP contribution is -2.45. The monoisotopic (exact) mass is 402 g/mol. The van der Waals surface area contributed by atoms with Gasteiger partial charge in [-0.2, -0.15) is 0 Å². The molecule has 6 nitrogen and oxygen atoms in total. The van der Waals surface area contributed by atoms with Crippen LogP contribution in [0.5, 0.6) is 0 Å². The summed E-state index contributed by atoms with van der Waals surface area (Å²) in [5, 5.41) is 0. The highest BCUT2D eigenvalue weighted by Gasteiger charge is 2.45. The molecule has 154 valence electrons. The number of aromatic amines is 1. The molecule has 1 saturated heterocycles. The van der Waals surface area contributed by atoms with Gasteiger partial charge >= 0.3 is 0 Å². The van der Waals surface area contributed by atoms with Crippen LogP contribution < -0.4 is 5.56 Å². The lowest BCUT2D eigenvalue weighted by Gasteiger charge is -2.40. The molecule has 0 bridgehead atoms. The first-order valence-corrected chi connectivity index (χ1v) is 11.1. The van der Waals surface area contributed by atoms with Crippen LogP contribution in [0.25, 0.3) is 11.5 Å². The first-order valence-electron chi connectivity index (χ1n) is 11.1. The first-order chi connectivity index (χ1) is 14.7. The molecule has 0 amide bonds. The van der Waals surface area contributed by atoms with Crippen molar-refractivity contribution in [3.63, 3.8) is 0 Å². The summed E-state index contributed by atoms with van der Waals surface area (Å²) in [5.74, 6) is 2.05. The molecule has 1 saturated carbocycles. The van der Waals surface area contributed by atoms with E-state index in [2.05, 4.69) is 9.88 Å². The van der Waals surface area contributed by atoms with Crippen LogP contribution in [0.15, 0.2) is 45.8 Å². The topological polar surface area (TPSA) is 75.0 Å². The van der Waals surface area contributed by atoms with Gasteiger partial charge in [0.2, 0.25) is 5.89 Å². The number of H-pyrrole nitrogens is 1. The third kappa shape index (κ3) is 3.10. The smallest absolute Gasteiger partial charge is 0.254 e. The highest BCUT2D eigenvalue weighted by Crippen LogP contribution is 2.45. The Balaban J connectivity index is 1.24. The Morgan fingerprint density at radius 3 is 2.87 bits per heavy atom. The van der Waals surface area contributed by atoms with E-state index in [0.29, 0.717) is 11.8 Å². The van der Waals surface area contributed by atoms with Crippen LogP contribution in [-0.4, -0.2) is 32.9 Å². The summed E-state index contributed by atoms with van der Waals surface area (Å²) in [6.45, 7) is 2.75. The Morgan fingerprint density at radius 2 is 2.03 bits per heavy atom. The van der Waals surface area contributed by atoms with Gasteiger partial charge in [-0.05, 0) is 57.2 Å².